The van der Waals surface area contributed by atoms with Crippen molar-refractivity contribution >= 4 is 16.7 Å². The molecule has 0 amide bonds. The van der Waals surface area contributed by atoms with Crippen LogP contribution in [0.2, 0.25) is 0 Å². The topological polar surface area (TPSA) is 123 Å². The van der Waals surface area contributed by atoms with E-state index in [1.165, 1.54) is 12.1 Å². The van der Waals surface area contributed by atoms with Gasteiger partial charge in [-0.15, -0.1) is 0 Å². The van der Waals surface area contributed by atoms with Crippen molar-refractivity contribution in [1.29, 1.82) is 0 Å². The van der Waals surface area contributed by atoms with Gasteiger partial charge in [0.15, 0.2) is 0 Å². The van der Waals surface area contributed by atoms with Gasteiger partial charge in [0.25, 0.3) is 5.69 Å². The van der Waals surface area contributed by atoms with E-state index < -0.39 is 11.0 Å². The predicted molar refractivity (Wildman–Crippen MR) is 111 cm³/mol. The van der Waals surface area contributed by atoms with Gasteiger partial charge in [-0.25, -0.2) is 4.98 Å². The van der Waals surface area contributed by atoms with Crippen LogP contribution < -0.4 is 0 Å². The lowest BCUT2D eigenvalue weighted by atomic mass is 10.2. The fourth-order valence-corrected chi connectivity index (χ4v) is 4.08. The minimum atomic E-state index is -0.521. The van der Waals surface area contributed by atoms with Crippen LogP contribution in [0.5, 0.6) is 0 Å². The largest absolute Gasteiger partial charge is 0.392 e. The van der Waals surface area contributed by atoms with E-state index in [1.54, 1.807) is 12.1 Å². The molecule has 0 bridgehead atoms. The minimum Gasteiger partial charge on any atom is -0.392 e. The first-order valence-corrected chi connectivity index (χ1v) is 9.90. The molecule has 10 nitrogen and oxygen atoms in total. The summed E-state index contributed by atoms with van der Waals surface area (Å²) in [6.45, 7) is 0.976. The highest BCUT2D eigenvalue weighted by atomic mass is 16.6. The lowest BCUT2D eigenvalue weighted by Gasteiger charge is -2.20. The number of hydrogen-bond donors (Lipinski definition) is 1. The quantitative estimate of drug-likeness (QED) is 0.386. The zero-order valence-corrected chi connectivity index (χ0v) is 16.8. The summed E-state index contributed by atoms with van der Waals surface area (Å²) >= 11 is 0. The highest BCUT2D eigenvalue weighted by molar-refractivity contribution is 5.75. The van der Waals surface area contributed by atoms with Gasteiger partial charge in [0.1, 0.15) is 5.82 Å². The van der Waals surface area contributed by atoms with E-state index in [0.717, 1.165) is 16.9 Å². The van der Waals surface area contributed by atoms with Crippen LogP contribution in [0.3, 0.4) is 0 Å². The Hall–Kier alpha value is -3.63. The molecule has 2 atom stereocenters. The van der Waals surface area contributed by atoms with Gasteiger partial charge >= 0.3 is 0 Å². The third-order valence-corrected chi connectivity index (χ3v) is 5.65. The highest BCUT2D eigenvalue weighted by Gasteiger charge is 2.36. The lowest BCUT2D eigenvalue weighted by molar-refractivity contribution is -0.384. The Bertz CT molecular complexity index is 1270. The van der Waals surface area contributed by atoms with Crippen LogP contribution in [-0.2, 0) is 13.6 Å². The van der Waals surface area contributed by atoms with Crippen molar-refractivity contribution in [2.45, 2.75) is 25.1 Å². The van der Waals surface area contributed by atoms with Gasteiger partial charge in [0.05, 0.1) is 34.6 Å². The van der Waals surface area contributed by atoms with E-state index in [9.17, 15) is 15.2 Å². The molecule has 4 aromatic rings. The van der Waals surface area contributed by atoms with Gasteiger partial charge in [-0.1, -0.05) is 29.4 Å². The molecule has 0 unspecified atom stereocenters. The molecule has 0 aliphatic carbocycles. The van der Waals surface area contributed by atoms with Gasteiger partial charge < -0.3 is 14.2 Å². The molecule has 1 aliphatic rings. The maximum absolute atomic E-state index is 11.0. The molecule has 2 aromatic heterocycles. The number of nitrogens with zero attached hydrogens (tertiary/aromatic N) is 6. The maximum Gasteiger partial charge on any atom is 0.270 e. The first-order valence-electron chi connectivity index (χ1n) is 9.90. The Kier molecular flexibility index (Phi) is 4.72. The van der Waals surface area contributed by atoms with Crippen LogP contribution in [0.25, 0.3) is 22.4 Å². The van der Waals surface area contributed by atoms with Crippen LogP contribution in [-0.4, -0.2) is 47.3 Å². The summed E-state index contributed by atoms with van der Waals surface area (Å²) in [6.07, 6.45) is -0.0617. The molecule has 3 heterocycles. The van der Waals surface area contributed by atoms with E-state index in [4.69, 9.17) is 9.51 Å². The Labute approximate surface area is 176 Å². The van der Waals surface area contributed by atoms with Crippen LogP contribution in [0, 0.1) is 10.1 Å². The predicted octanol–water partition coefficient (Wildman–Crippen LogP) is 2.84. The van der Waals surface area contributed by atoms with Crippen LogP contribution in [0.4, 0.5) is 5.69 Å². The number of benzene rings is 2. The molecule has 10 heteroatoms. The number of aliphatic hydroxyl groups excluding tert-OH is 1. The summed E-state index contributed by atoms with van der Waals surface area (Å²) in [5, 5.41) is 25.4. The van der Waals surface area contributed by atoms with Crippen molar-refractivity contribution in [2.75, 3.05) is 6.54 Å². The van der Waals surface area contributed by atoms with Crippen molar-refractivity contribution < 1.29 is 14.6 Å². The van der Waals surface area contributed by atoms with E-state index in [1.807, 2.05) is 35.9 Å². The van der Waals surface area contributed by atoms with Gasteiger partial charge in [0.2, 0.25) is 11.7 Å². The molecular formula is C21H20N6O4. The number of aryl methyl sites for hydroxylation is 1. The third-order valence-electron chi connectivity index (χ3n) is 5.65. The number of rotatable bonds is 5. The second kappa shape index (κ2) is 7.56. The first-order chi connectivity index (χ1) is 15.0. The van der Waals surface area contributed by atoms with Gasteiger partial charge in [-0.3, -0.25) is 15.0 Å². The monoisotopic (exact) mass is 420 g/mol. The van der Waals surface area contributed by atoms with Gasteiger partial charge in [-0.05, 0) is 18.6 Å². The molecule has 0 radical (unpaired) electrons. The molecule has 1 aliphatic heterocycles. The summed E-state index contributed by atoms with van der Waals surface area (Å²) in [5.74, 6) is 1.53. The molecule has 2 aromatic carbocycles. The van der Waals surface area contributed by atoms with Crippen molar-refractivity contribution in [3.05, 3.63) is 70.4 Å². The Morgan fingerprint density at radius 2 is 2.06 bits per heavy atom. The fourth-order valence-electron chi connectivity index (χ4n) is 4.08. The van der Waals surface area contributed by atoms with Gasteiger partial charge in [-0.2, -0.15) is 4.98 Å². The van der Waals surface area contributed by atoms with E-state index >= 15 is 0 Å². The second-order valence-corrected chi connectivity index (χ2v) is 7.67. The van der Waals surface area contributed by atoms with E-state index in [2.05, 4.69) is 15.0 Å². The van der Waals surface area contributed by atoms with Crippen molar-refractivity contribution in [1.82, 2.24) is 24.6 Å². The number of para-hydroxylation sites is 2. The summed E-state index contributed by atoms with van der Waals surface area (Å²) in [5.41, 5.74) is 2.43. The molecular weight excluding hydrogens is 400 g/mol. The van der Waals surface area contributed by atoms with Crippen molar-refractivity contribution in [3.8, 4) is 11.4 Å². The summed E-state index contributed by atoms with van der Waals surface area (Å²) in [6, 6.07) is 13.8. The summed E-state index contributed by atoms with van der Waals surface area (Å²) in [7, 11) is 1.97. The van der Waals surface area contributed by atoms with Gasteiger partial charge in [0, 0.05) is 31.3 Å². The first kappa shape index (κ1) is 19.3. The smallest absolute Gasteiger partial charge is 0.270 e. The van der Waals surface area contributed by atoms with E-state index in [-0.39, 0.29) is 17.6 Å². The van der Waals surface area contributed by atoms with E-state index in [0.29, 0.717) is 31.0 Å². The Morgan fingerprint density at radius 1 is 1.23 bits per heavy atom. The molecule has 0 spiro atoms. The van der Waals surface area contributed by atoms with Crippen molar-refractivity contribution in [2.24, 2.45) is 7.05 Å². The SMILES string of the molecule is Cn1c(CN2C[C@H](O)C[C@H]2c2nc(-c3cccc([N+](=O)[O-])c3)no2)nc2ccccc21. The number of aliphatic hydroxyl groups is 1. The normalized spacial score (nSPS) is 19.3. The molecule has 31 heavy (non-hydrogen) atoms. The Morgan fingerprint density at radius 3 is 2.87 bits per heavy atom. The average molecular weight is 420 g/mol. The number of imidazole rings is 1. The lowest BCUT2D eigenvalue weighted by Crippen LogP contribution is -2.26. The maximum atomic E-state index is 11.0. The number of nitro groups is 1. The number of nitro benzene ring substituents is 1. The number of aromatic nitrogens is 4. The number of non-ortho nitro benzene ring substituents is 1. The average Bonchev–Trinajstić information content (AvgIpc) is 3.47. The van der Waals surface area contributed by atoms with Crippen molar-refractivity contribution in [3.63, 3.8) is 0 Å². The Balaban J connectivity index is 1.42. The molecule has 0 saturated carbocycles. The number of likely N-dealkylation sites (tertiary alicyclic amines) is 1. The van der Waals surface area contributed by atoms with Crippen LogP contribution >= 0.6 is 0 Å². The third kappa shape index (κ3) is 3.56. The summed E-state index contributed by atoms with van der Waals surface area (Å²) in [4.78, 5) is 21.8. The number of β-amino-alcohol motifs (C(OH)–C–C–N with tert-alkyl or cyclic N) is 1. The highest BCUT2D eigenvalue weighted by Crippen LogP contribution is 2.34. The summed E-state index contributed by atoms with van der Waals surface area (Å²) < 4.78 is 7.54. The molecule has 1 saturated heterocycles. The molecule has 158 valence electrons. The fraction of sp³-hybridized carbons (Fsp3) is 0.286. The zero-order chi connectivity index (χ0) is 21.5. The zero-order valence-electron chi connectivity index (χ0n) is 16.8. The minimum absolute atomic E-state index is 0.0383. The molecule has 1 fully saturated rings. The van der Waals surface area contributed by atoms with Crippen LogP contribution in [0.1, 0.15) is 24.2 Å². The number of hydrogen-bond acceptors (Lipinski definition) is 8. The standard InChI is InChI=1S/C21H20N6O4/c1-25-17-8-3-2-7-16(17)22-19(25)12-26-11-15(28)10-18(26)21-23-20(24-31-21)13-5-4-6-14(9-13)27(29)30/h2-9,15,18,28H,10-12H2,1H3/t15-,18+/m1/s1. The second-order valence-electron chi connectivity index (χ2n) is 7.67. The molecule has 5 rings (SSSR count). The number of fused-ring (bicyclic) bond motifs is 1. The van der Waals surface area contributed by atoms with Crippen LogP contribution in [0.15, 0.2) is 53.1 Å². The molecule has 1 N–H and O–H groups in total.